The predicted octanol–water partition coefficient (Wildman–Crippen LogP) is 2.95. The lowest BCUT2D eigenvalue weighted by Crippen LogP contribution is -2.24. The highest BCUT2D eigenvalue weighted by molar-refractivity contribution is 5.96. The number of carbonyl (C=O) groups excluding carboxylic acids is 2. The highest BCUT2D eigenvalue weighted by Crippen LogP contribution is 2.20. The lowest BCUT2D eigenvalue weighted by Gasteiger charge is -2.10. The Hall–Kier alpha value is -3.94. The van der Waals surface area contributed by atoms with Gasteiger partial charge in [-0.25, -0.2) is 4.79 Å². The van der Waals surface area contributed by atoms with Gasteiger partial charge >= 0.3 is 5.97 Å². The van der Waals surface area contributed by atoms with Crippen molar-refractivity contribution in [1.29, 1.82) is 0 Å². The van der Waals surface area contributed by atoms with Crippen LogP contribution in [0.5, 0.6) is 5.75 Å². The van der Waals surface area contributed by atoms with Crippen molar-refractivity contribution in [2.75, 3.05) is 19.5 Å². The summed E-state index contributed by atoms with van der Waals surface area (Å²) in [5, 5.41) is 13.8. The van der Waals surface area contributed by atoms with Gasteiger partial charge in [0.25, 0.3) is 5.91 Å². The summed E-state index contributed by atoms with van der Waals surface area (Å²) in [5.41, 5.74) is 1.93. The average Bonchev–Trinajstić information content (AvgIpc) is 2.78. The highest BCUT2D eigenvalue weighted by Gasteiger charge is 2.13. The van der Waals surface area contributed by atoms with Crippen LogP contribution in [0.4, 0.5) is 11.5 Å². The molecule has 3 aromatic rings. The zero-order valence-electron chi connectivity index (χ0n) is 16.0. The number of carbonyl (C=O) groups is 2. The third-order valence-corrected chi connectivity index (χ3v) is 4.12. The largest absolute Gasteiger partial charge is 0.496 e. The van der Waals surface area contributed by atoms with Crippen LogP contribution < -0.4 is 15.4 Å². The Morgan fingerprint density at radius 3 is 2.41 bits per heavy atom. The molecule has 0 aliphatic heterocycles. The SMILES string of the molecule is COC(=O)c1ccccc1Nc1ccc(C(=O)NCc2ccccc2OC)nn1. The highest BCUT2D eigenvalue weighted by atomic mass is 16.5. The quantitative estimate of drug-likeness (QED) is 0.596. The Morgan fingerprint density at radius 1 is 0.931 bits per heavy atom. The number of anilines is 2. The van der Waals surface area contributed by atoms with E-state index in [0.29, 0.717) is 29.4 Å². The molecule has 2 N–H and O–H groups in total. The number of nitrogens with zero attached hydrogens (tertiary/aromatic N) is 2. The zero-order valence-corrected chi connectivity index (χ0v) is 16.0. The Balaban J connectivity index is 1.66. The van der Waals surface area contributed by atoms with Gasteiger partial charge in [0.15, 0.2) is 11.5 Å². The van der Waals surface area contributed by atoms with Crippen molar-refractivity contribution < 1.29 is 19.1 Å². The fourth-order valence-electron chi connectivity index (χ4n) is 2.65. The number of esters is 1. The van der Waals surface area contributed by atoms with Crippen LogP contribution in [0.3, 0.4) is 0 Å². The summed E-state index contributed by atoms with van der Waals surface area (Å²) in [7, 11) is 2.90. The van der Waals surface area contributed by atoms with Gasteiger partial charge in [-0.2, -0.15) is 0 Å². The molecule has 0 unspecified atom stereocenters. The van der Waals surface area contributed by atoms with Gasteiger partial charge in [-0.3, -0.25) is 4.79 Å². The number of hydrogen-bond acceptors (Lipinski definition) is 7. The van der Waals surface area contributed by atoms with Crippen LogP contribution in [0.2, 0.25) is 0 Å². The van der Waals surface area contributed by atoms with Crippen LogP contribution in [-0.4, -0.2) is 36.3 Å². The average molecular weight is 392 g/mol. The molecule has 0 saturated carbocycles. The molecule has 0 bridgehead atoms. The second kappa shape index (κ2) is 9.32. The minimum Gasteiger partial charge on any atom is -0.496 e. The summed E-state index contributed by atoms with van der Waals surface area (Å²) < 4.78 is 10.0. The molecule has 1 aromatic heterocycles. The molecule has 2 aromatic carbocycles. The van der Waals surface area contributed by atoms with Crippen molar-refractivity contribution >= 4 is 23.4 Å². The summed E-state index contributed by atoms with van der Waals surface area (Å²) in [5.74, 6) is 0.267. The van der Waals surface area contributed by atoms with Crippen LogP contribution in [0.15, 0.2) is 60.7 Å². The molecule has 8 heteroatoms. The summed E-state index contributed by atoms with van der Waals surface area (Å²) in [6, 6.07) is 17.5. The number of amides is 1. The van der Waals surface area contributed by atoms with Crippen molar-refractivity contribution in [2.45, 2.75) is 6.54 Å². The second-order valence-corrected chi connectivity index (χ2v) is 5.96. The Kier molecular flexibility index (Phi) is 6.36. The molecule has 29 heavy (non-hydrogen) atoms. The fourth-order valence-corrected chi connectivity index (χ4v) is 2.65. The monoisotopic (exact) mass is 392 g/mol. The maximum absolute atomic E-state index is 12.3. The van der Waals surface area contributed by atoms with E-state index >= 15 is 0 Å². The van der Waals surface area contributed by atoms with Crippen LogP contribution in [-0.2, 0) is 11.3 Å². The smallest absolute Gasteiger partial charge is 0.339 e. The molecule has 1 heterocycles. The Bertz CT molecular complexity index is 1010. The predicted molar refractivity (Wildman–Crippen MR) is 107 cm³/mol. The van der Waals surface area contributed by atoms with E-state index in [0.717, 1.165) is 5.56 Å². The normalized spacial score (nSPS) is 10.1. The van der Waals surface area contributed by atoms with Gasteiger partial charge < -0.3 is 20.1 Å². The molecular weight excluding hydrogens is 372 g/mol. The zero-order chi connectivity index (χ0) is 20.6. The van der Waals surface area contributed by atoms with Crippen molar-refractivity contribution in [3.8, 4) is 5.75 Å². The van der Waals surface area contributed by atoms with Crippen molar-refractivity contribution in [3.63, 3.8) is 0 Å². The van der Waals surface area contributed by atoms with E-state index in [-0.39, 0.29) is 11.6 Å². The van der Waals surface area contributed by atoms with Crippen molar-refractivity contribution in [2.24, 2.45) is 0 Å². The van der Waals surface area contributed by atoms with E-state index in [9.17, 15) is 9.59 Å². The summed E-state index contributed by atoms with van der Waals surface area (Å²) in [4.78, 5) is 24.2. The fraction of sp³-hybridized carbons (Fsp3) is 0.143. The molecule has 3 rings (SSSR count). The van der Waals surface area contributed by atoms with Crippen LogP contribution in [0.1, 0.15) is 26.4 Å². The number of para-hydroxylation sites is 2. The van der Waals surface area contributed by atoms with E-state index in [2.05, 4.69) is 20.8 Å². The molecule has 1 amide bonds. The summed E-state index contributed by atoms with van der Waals surface area (Å²) in [6.07, 6.45) is 0. The van der Waals surface area contributed by atoms with Crippen molar-refractivity contribution in [1.82, 2.24) is 15.5 Å². The number of rotatable bonds is 7. The number of nitrogens with one attached hydrogen (secondary N) is 2. The first-order valence-electron chi connectivity index (χ1n) is 8.80. The van der Waals surface area contributed by atoms with E-state index < -0.39 is 5.97 Å². The van der Waals surface area contributed by atoms with Gasteiger partial charge in [0, 0.05) is 12.1 Å². The Morgan fingerprint density at radius 2 is 1.69 bits per heavy atom. The molecule has 8 nitrogen and oxygen atoms in total. The molecule has 0 radical (unpaired) electrons. The van der Waals surface area contributed by atoms with Gasteiger partial charge in [-0.1, -0.05) is 30.3 Å². The van der Waals surface area contributed by atoms with E-state index in [1.165, 1.54) is 7.11 Å². The first kappa shape index (κ1) is 19.8. The second-order valence-electron chi connectivity index (χ2n) is 5.96. The molecule has 0 atom stereocenters. The first-order valence-corrected chi connectivity index (χ1v) is 8.80. The molecule has 0 saturated heterocycles. The van der Waals surface area contributed by atoms with E-state index in [4.69, 9.17) is 9.47 Å². The maximum atomic E-state index is 12.3. The molecule has 0 fully saturated rings. The number of benzene rings is 2. The molecule has 148 valence electrons. The third-order valence-electron chi connectivity index (χ3n) is 4.12. The van der Waals surface area contributed by atoms with Gasteiger partial charge in [0.05, 0.1) is 25.5 Å². The van der Waals surface area contributed by atoms with Crippen LogP contribution in [0.25, 0.3) is 0 Å². The van der Waals surface area contributed by atoms with Crippen LogP contribution in [0, 0.1) is 0 Å². The third kappa shape index (κ3) is 4.86. The topological polar surface area (TPSA) is 102 Å². The molecule has 0 aliphatic rings. The first-order chi connectivity index (χ1) is 14.1. The molecule has 0 spiro atoms. The number of ether oxygens (including phenoxy) is 2. The van der Waals surface area contributed by atoms with E-state index in [1.54, 1.807) is 43.5 Å². The minimum absolute atomic E-state index is 0.173. The lowest BCUT2D eigenvalue weighted by molar-refractivity contribution is 0.0601. The van der Waals surface area contributed by atoms with Crippen molar-refractivity contribution in [3.05, 3.63) is 77.5 Å². The maximum Gasteiger partial charge on any atom is 0.339 e. The Labute approximate surface area is 167 Å². The number of aromatic nitrogens is 2. The lowest BCUT2D eigenvalue weighted by atomic mass is 10.2. The van der Waals surface area contributed by atoms with E-state index in [1.807, 2.05) is 24.3 Å². The van der Waals surface area contributed by atoms with Crippen LogP contribution >= 0.6 is 0 Å². The molecule has 0 aliphatic carbocycles. The summed E-state index contributed by atoms with van der Waals surface area (Å²) >= 11 is 0. The van der Waals surface area contributed by atoms with Gasteiger partial charge in [0.1, 0.15) is 5.75 Å². The van der Waals surface area contributed by atoms with Gasteiger partial charge in [0.2, 0.25) is 0 Å². The minimum atomic E-state index is -0.464. The van der Waals surface area contributed by atoms with Gasteiger partial charge in [-0.05, 0) is 30.3 Å². The number of methoxy groups -OCH3 is 2. The summed E-state index contributed by atoms with van der Waals surface area (Å²) in [6.45, 7) is 0.303. The molecular formula is C21H20N4O4. The standard InChI is InChI=1S/C21H20N4O4/c1-28-18-10-6-3-7-14(18)13-22-20(26)17-11-12-19(25-24-17)23-16-9-5-4-8-15(16)21(27)29-2/h3-12H,13H2,1-2H3,(H,22,26)(H,23,25). The number of hydrogen-bond donors (Lipinski definition) is 2. The van der Waals surface area contributed by atoms with Gasteiger partial charge in [-0.15, -0.1) is 10.2 Å².